The summed E-state index contributed by atoms with van der Waals surface area (Å²) >= 11 is 0. The summed E-state index contributed by atoms with van der Waals surface area (Å²) in [6.07, 6.45) is 0. The average molecular weight is 147 g/mol. The summed E-state index contributed by atoms with van der Waals surface area (Å²) < 4.78 is 0. The summed E-state index contributed by atoms with van der Waals surface area (Å²) in [5, 5.41) is 21.0. The van der Waals surface area contributed by atoms with Gasteiger partial charge in [0.25, 0.3) is 0 Å². The van der Waals surface area contributed by atoms with Gasteiger partial charge in [0.1, 0.15) is 0 Å². The molecule has 0 aliphatic rings. The monoisotopic (exact) mass is 147 g/mol. The Morgan fingerprint density at radius 3 is 0.750 bits per heavy atom. The van der Waals surface area contributed by atoms with E-state index in [1.807, 2.05) is 0 Å². The quantitative estimate of drug-likeness (QED) is 0.303. The molecule has 0 aromatic carbocycles. The van der Waals surface area contributed by atoms with Crippen LogP contribution in [0.15, 0.2) is 0 Å². The van der Waals surface area contributed by atoms with Gasteiger partial charge in [0.2, 0.25) is 0 Å². The molecule has 0 aromatic heterocycles. The first kappa shape index (κ1) is 34.2. The van der Waals surface area contributed by atoms with Gasteiger partial charge in [0.15, 0.2) is 0 Å². The van der Waals surface area contributed by atoms with Gasteiger partial charge in [-0.25, -0.2) is 0 Å². The molecule has 0 amide bonds. The molecular weight excluding hydrogens is 134 g/mol. The van der Waals surface area contributed by atoms with Crippen molar-refractivity contribution in [3.8, 4) is 0 Å². The molecule has 0 unspecified atom stereocenters. The van der Waals surface area contributed by atoms with Crippen molar-refractivity contribution in [3.05, 3.63) is 0 Å². The number of aliphatic hydroxyl groups is 3. The third-order valence-electron chi connectivity index (χ3n) is 0. The molecule has 0 aliphatic carbocycles. The zero-order valence-corrected chi connectivity index (χ0v) is 9.07. The van der Waals surface area contributed by atoms with E-state index in [-0.39, 0.29) is 48.3 Å². The van der Waals surface area contributed by atoms with E-state index in [9.17, 15) is 0 Å². The number of aliphatic hydroxyl groups excluding tert-OH is 3. The van der Waals surface area contributed by atoms with Crippen molar-refractivity contribution >= 4 is 17.4 Å². The topological polar surface area (TPSA) is 60.7 Å². The van der Waals surface area contributed by atoms with Crippen molar-refractivity contribution in [2.24, 2.45) is 0 Å². The molecule has 0 bridgehead atoms. The second kappa shape index (κ2) is 232. The van der Waals surface area contributed by atoms with Crippen LogP contribution in [-0.2, 0) is 0 Å². The van der Waals surface area contributed by atoms with Crippen LogP contribution < -0.4 is 29.6 Å². The normalized spacial score (nSPS) is 2.25. The molecule has 5 heteroatoms. The van der Waals surface area contributed by atoms with Gasteiger partial charge in [-0.3, -0.25) is 0 Å². The van der Waals surface area contributed by atoms with Gasteiger partial charge in [-0.15, -0.1) is 0 Å². The minimum Gasteiger partial charge on any atom is -1.00 e. The van der Waals surface area contributed by atoms with Gasteiger partial charge in [0.05, 0.1) is 0 Å². The summed E-state index contributed by atoms with van der Waals surface area (Å²) in [4.78, 5) is 0. The first-order valence-corrected chi connectivity index (χ1v) is 1.34. The molecule has 0 spiro atoms. The molecule has 0 aromatic rings. The first-order chi connectivity index (χ1) is 3.00. The fraction of sp³-hybridized carbons (Fsp3) is 1.00. The third-order valence-corrected chi connectivity index (χ3v) is 0. The van der Waals surface area contributed by atoms with E-state index in [2.05, 4.69) is 0 Å². The molecular formula is C3H13AlNaO3. The molecule has 0 fully saturated rings. The van der Waals surface area contributed by atoms with Crippen LogP contribution in [0, 0.1) is 0 Å². The first-order valence-electron chi connectivity index (χ1n) is 1.34. The second-order valence-electron chi connectivity index (χ2n) is 0. The average Bonchev–Trinajstić information content (AvgIpc) is 1.81. The summed E-state index contributed by atoms with van der Waals surface area (Å²) in [5.41, 5.74) is 0. The summed E-state index contributed by atoms with van der Waals surface area (Å²) in [6.45, 7) is 0. The van der Waals surface area contributed by atoms with E-state index in [4.69, 9.17) is 15.3 Å². The van der Waals surface area contributed by atoms with Gasteiger partial charge >= 0.3 is 29.6 Å². The van der Waals surface area contributed by atoms with Crippen molar-refractivity contribution in [1.82, 2.24) is 0 Å². The number of hydrogen-bond donors (Lipinski definition) is 3. The molecule has 47 valence electrons. The van der Waals surface area contributed by atoms with Crippen molar-refractivity contribution in [2.75, 3.05) is 21.3 Å². The number of hydrogen-bond acceptors (Lipinski definition) is 3. The molecule has 0 rings (SSSR count). The van der Waals surface area contributed by atoms with Gasteiger partial charge in [-0.1, -0.05) is 0 Å². The summed E-state index contributed by atoms with van der Waals surface area (Å²) in [6, 6.07) is 0. The van der Waals surface area contributed by atoms with E-state index in [1.165, 1.54) is 0 Å². The summed E-state index contributed by atoms with van der Waals surface area (Å²) in [7, 11) is 3.00. The van der Waals surface area contributed by atoms with Crippen LogP contribution >= 0.6 is 0 Å². The van der Waals surface area contributed by atoms with Crippen molar-refractivity contribution in [3.63, 3.8) is 0 Å². The predicted octanol–water partition coefficient (Wildman–Crippen LogP) is -4.44. The second-order valence-corrected chi connectivity index (χ2v) is 0. The van der Waals surface area contributed by atoms with Gasteiger partial charge < -0.3 is 16.7 Å². The number of rotatable bonds is 0. The Hall–Kier alpha value is 1.41. The minimum atomic E-state index is 0. The van der Waals surface area contributed by atoms with Crippen LogP contribution in [0.4, 0.5) is 0 Å². The molecule has 0 heterocycles. The Bertz CT molecular complexity index is 19.0. The van der Waals surface area contributed by atoms with Gasteiger partial charge in [-0.05, 0) is 0 Å². The standard InChI is InChI=1S/3CH4O.Al.Na.H/c3*1-2;;;/h3*2H,1H3;;;/q;;;;+1;-1. The Morgan fingerprint density at radius 1 is 0.750 bits per heavy atom. The zero-order chi connectivity index (χ0) is 6.00. The smallest absolute Gasteiger partial charge is 1.00 e. The van der Waals surface area contributed by atoms with Crippen molar-refractivity contribution in [2.45, 2.75) is 0 Å². The maximum Gasteiger partial charge on any atom is 1.00 e. The van der Waals surface area contributed by atoms with Gasteiger partial charge in [-0.2, -0.15) is 0 Å². The fourth-order valence-corrected chi connectivity index (χ4v) is 0. The van der Waals surface area contributed by atoms with Crippen LogP contribution in [0.1, 0.15) is 1.43 Å². The summed E-state index contributed by atoms with van der Waals surface area (Å²) in [5.74, 6) is 0. The Kier molecular flexibility index (Phi) is 991. The van der Waals surface area contributed by atoms with Crippen molar-refractivity contribution in [1.29, 1.82) is 0 Å². The largest absolute Gasteiger partial charge is 1.00 e. The van der Waals surface area contributed by atoms with Crippen LogP contribution in [0.25, 0.3) is 0 Å². The molecule has 3 nitrogen and oxygen atoms in total. The molecule has 0 aliphatic heterocycles. The van der Waals surface area contributed by atoms with Crippen molar-refractivity contribution < 1.29 is 46.3 Å². The van der Waals surface area contributed by atoms with E-state index in [0.717, 1.165) is 21.3 Å². The SMILES string of the molecule is CO.CO.CO.[Al].[H-].[Na+]. The predicted molar refractivity (Wildman–Crippen MR) is 31.3 cm³/mol. The Morgan fingerprint density at radius 2 is 0.750 bits per heavy atom. The van der Waals surface area contributed by atoms with E-state index >= 15 is 0 Å². The van der Waals surface area contributed by atoms with Crippen LogP contribution in [-0.4, -0.2) is 54.0 Å². The van der Waals surface area contributed by atoms with E-state index in [0.29, 0.717) is 0 Å². The molecule has 0 saturated heterocycles. The van der Waals surface area contributed by atoms with Crippen LogP contribution in [0.5, 0.6) is 0 Å². The fourth-order valence-electron chi connectivity index (χ4n) is 0. The minimum absolute atomic E-state index is 0. The molecule has 3 N–H and O–H groups in total. The third kappa shape index (κ3) is 153. The van der Waals surface area contributed by atoms with E-state index in [1.54, 1.807) is 0 Å². The van der Waals surface area contributed by atoms with E-state index < -0.39 is 0 Å². The maximum atomic E-state index is 7.00. The Labute approximate surface area is 84.6 Å². The maximum absolute atomic E-state index is 7.00. The molecule has 0 atom stereocenters. The van der Waals surface area contributed by atoms with Gasteiger partial charge in [0, 0.05) is 38.7 Å². The molecule has 3 radical (unpaired) electrons. The zero-order valence-electron chi connectivity index (χ0n) is 6.92. The van der Waals surface area contributed by atoms with Crippen LogP contribution in [0.2, 0.25) is 0 Å². The molecule has 0 saturated carbocycles. The van der Waals surface area contributed by atoms with Crippen LogP contribution in [0.3, 0.4) is 0 Å². The molecule has 8 heavy (non-hydrogen) atoms. The Balaban J connectivity index is -0.00000000321.